The molecule has 0 radical (unpaired) electrons. The quantitative estimate of drug-likeness (QED) is 0.875. The summed E-state index contributed by atoms with van der Waals surface area (Å²) in [5, 5.41) is 0. The molecule has 1 aliphatic carbocycles. The molecule has 0 saturated heterocycles. The Hall–Kier alpha value is -1.02. The van der Waals surface area contributed by atoms with E-state index in [0.29, 0.717) is 5.92 Å². The molecule has 1 aromatic rings. The van der Waals surface area contributed by atoms with Gasteiger partial charge in [-0.2, -0.15) is 0 Å². The van der Waals surface area contributed by atoms with E-state index in [2.05, 4.69) is 26.0 Å². The van der Waals surface area contributed by atoms with Crippen LogP contribution in [0.4, 0.5) is 0 Å². The summed E-state index contributed by atoms with van der Waals surface area (Å²) >= 11 is 0. The van der Waals surface area contributed by atoms with Crippen LogP contribution in [0.5, 0.6) is 5.75 Å². The molecule has 0 aromatic heterocycles. The van der Waals surface area contributed by atoms with Gasteiger partial charge in [0.05, 0.1) is 7.11 Å². The van der Waals surface area contributed by atoms with Crippen LogP contribution in [0.3, 0.4) is 0 Å². The Balaban J connectivity index is 2.08. The molecule has 2 heteroatoms. The summed E-state index contributed by atoms with van der Waals surface area (Å²) in [6.07, 6.45) is 7.60. The third kappa shape index (κ3) is 3.54. The van der Waals surface area contributed by atoms with Gasteiger partial charge in [-0.25, -0.2) is 0 Å². The average Bonchev–Trinajstić information content (AvgIpc) is 2.47. The van der Waals surface area contributed by atoms with Gasteiger partial charge in [0.2, 0.25) is 0 Å². The van der Waals surface area contributed by atoms with E-state index in [1.54, 1.807) is 7.11 Å². The molecule has 0 aliphatic heterocycles. The fourth-order valence-corrected chi connectivity index (χ4v) is 3.88. The fraction of sp³-hybridized carbons (Fsp3) is 0.667. The van der Waals surface area contributed by atoms with Crippen LogP contribution in [0.25, 0.3) is 0 Å². The molecule has 1 aliphatic rings. The first kappa shape index (κ1) is 15.4. The predicted molar refractivity (Wildman–Crippen MR) is 85.0 cm³/mol. The average molecular weight is 275 g/mol. The van der Waals surface area contributed by atoms with E-state index in [0.717, 1.165) is 18.1 Å². The molecule has 0 amide bonds. The van der Waals surface area contributed by atoms with E-state index in [9.17, 15) is 0 Å². The SMILES string of the molecule is CCC1CCCCC1C(C)(N)Cc1ccc(OC)cc1. The van der Waals surface area contributed by atoms with Crippen molar-refractivity contribution >= 4 is 0 Å². The predicted octanol–water partition coefficient (Wildman–Crippen LogP) is 4.17. The Morgan fingerprint density at radius 1 is 1.20 bits per heavy atom. The maximum Gasteiger partial charge on any atom is 0.118 e. The van der Waals surface area contributed by atoms with E-state index in [-0.39, 0.29) is 5.54 Å². The maximum atomic E-state index is 6.73. The lowest BCUT2D eigenvalue weighted by Crippen LogP contribution is -2.50. The minimum atomic E-state index is -0.102. The Morgan fingerprint density at radius 3 is 2.45 bits per heavy atom. The van der Waals surface area contributed by atoms with E-state index in [1.165, 1.54) is 37.7 Å². The minimum absolute atomic E-state index is 0.102. The number of nitrogens with two attached hydrogens (primary N) is 1. The van der Waals surface area contributed by atoms with Gasteiger partial charge in [0.1, 0.15) is 5.75 Å². The van der Waals surface area contributed by atoms with Crippen LogP contribution in [0.1, 0.15) is 51.5 Å². The van der Waals surface area contributed by atoms with Crippen LogP contribution in [-0.2, 0) is 6.42 Å². The maximum absolute atomic E-state index is 6.73. The molecule has 0 spiro atoms. The van der Waals surface area contributed by atoms with Gasteiger partial charge in [0, 0.05) is 5.54 Å². The van der Waals surface area contributed by atoms with Crippen LogP contribution in [-0.4, -0.2) is 12.6 Å². The lowest BCUT2D eigenvalue weighted by Gasteiger charge is -2.42. The summed E-state index contributed by atoms with van der Waals surface area (Å²) in [4.78, 5) is 0. The minimum Gasteiger partial charge on any atom is -0.497 e. The standard InChI is InChI=1S/C18H29NO/c1-4-15-7-5-6-8-17(15)18(2,19)13-14-9-11-16(20-3)12-10-14/h9-12,15,17H,4-8,13,19H2,1-3H3. The van der Waals surface area contributed by atoms with Crippen LogP contribution in [0, 0.1) is 11.8 Å². The van der Waals surface area contributed by atoms with Gasteiger partial charge < -0.3 is 10.5 Å². The normalized spacial score (nSPS) is 26.0. The van der Waals surface area contributed by atoms with Gasteiger partial charge in [-0.05, 0) is 49.3 Å². The van der Waals surface area contributed by atoms with Crippen LogP contribution in [0.15, 0.2) is 24.3 Å². The number of benzene rings is 1. The molecule has 2 N–H and O–H groups in total. The number of methoxy groups -OCH3 is 1. The lowest BCUT2D eigenvalue weighted by molar-refractivity contribution is 0.138. The van der Waals surface area contributed by atoms with Crippen molar-refractivity contribution in [1.82, 2.24) is 0 Å². The van der Waals surface area contributed by atoms with Crippen molar-refractivity contribution in [2.24, 2.45) is 17.6 Å². The highest BCUT2D eigenvalue weighted by Crippen LogP contribution is 2.39. The topological polar surface area (TPSA) is 35.2 Å². The largest absolute Gasteiger partial charge is 0.497 e. The molecule has 2 nitrogen and oxygen atoms in total. The summed E-state index contributed by atoms with van der Waals surface area (Å²) in [6, 6.07) is 8.36. The van der Waals surface area contributed by atoms with E-state index in [4.69, 9.17) is 10.5 Å². The van der Waals surface area contributed by atoms with E-state index >= 15 is 0 Å². The van der Waals surface area contributed by atoms with Gasteiger partial charge in [-0.15, -0.1) is 0 Å². The monoisotopic (exact) mass is 275 g/mol. The molecule has 1 saturated carbocycles. The van der Waals surface area contributed by atoms with Crippen molar-refractivity contribution in [3.8, 4) is 5.75 Å². The third-order valence-corrected chi connectivity index (χ3v) is 5.02. The van der Waals surface area contributed by atoms with Crippen molar-refractivity contribution in [3.05, 3.63) is 29.8 Å². The Morgan fingerprint density at radius 2 is 1.85 bits per heavy atom. The van der Waals surface area contributed by atoms with E-state index in [1.807, 2.05) is 12.1 Å². The molecule has 3 unspecified atom stereocenters. The van der Waals surface area contributed by atoms with Crippen molar-refractivity contribution in [2.75, 3.05) is 7.11 Å². The highest BCUT2D eigenvalue weighted by Gasteiger charge is 2.36. The van der Waals surface area contributed by atoms with Crippen LogP contribution >= 0.6 is 0 Å². The Kier molecular flexibility index (Phi) is 5.09. The first-order valence-electron chi connectivity index (χ1n) is 7.98. The fourth-order valence-electron chi connectivity index (χ4n) is 3.88. The summed E-state index contributed by atoms with van der Waals surface area (Å²) in [7, 11) is 1.70. The Bertz CT molecular complexity index is 410. The molecular weight excluding hydrogens is 246 g/mol. The molecule has 112 valence electrons. The molecule has 3 atom stereocenters. The summed E-state index contributed by atoms with van der Waals surface area (Å²) < 4.78 is 5.22. The van der Waals surface area contributed by atoms with Gasteiger partial charge in [0.15, 0.2) is 0 Å². The molecular formula is C18H29NO. The highest BCUT2D eigenvalue weighted by atomic mass is 16.5. The Labute approximate surface area is 123 Å². The molecule has 2 rings (SSSR count). The third-order valence-electron chi connectivity index (χ3n) is 5.02. The molecule has 0 heterocycles. The number of hydrogen-bond acceptors (Lipinski definition) is 2. The molecule has 1 fully saturated rings. The van der Waals surface area contributed by atoms with Crippen molar-refractivity contribution in [2.45, 2.75) is 57.9 Å². The smallest absolute Gasteiger partial charge is 0.118 e. The first-order valence-corrected chi connectivity index (χ1v) is 7.98. The molecule has 1 aromatic carbocycles. The zero-order valence-corrected chi connectivity index (χ0v) is 13.2. The summed E-state index contributed by atoms with van der Waals surface area (Å²) in [6.45, 7) is 4.56. The lowest BCUT2D eigenvalue weighted by atomic mass is 9.67. The summed E-state index contributed by atoms with van der Waals surface area (Å²) in [5.74, 6) is 2.37. The van der Waals surface area contributed by atoms with Crippen LogP contribution < -0.4 is 10.5 Å². The van der Waals surface area contributed by atoms with Crippen molar-refractivity contribution < 1.29 is 4.74 Å². The second kappa shape index (κ2) is 6.62. The van der Waals surface area contributed by atoms with Gasteiger partial charge >= 0.3 is 0 Å². The number of ether oxygens (including phenoxy) is 1. The zero-order chi connectivity index (χ0) is 14.6. The van der Waals surface area contributed by atoms with Gasteiger partial charge in [-0.3, -0.25) is 0 Å². The number of hydrogen-bond donors (Lipinski definition) is 1. The van der Waals surface area contributed by atoms with Gasteiger partial charge in [0.25, 0.3) is 0 Å². The van der Waals surface area contributed by atoms with Crippen molar-refractivity contribution in [1.29, 1.82) is 0 Å². The molecule has 0 bridgehead atoms. The zero-order valence-electron chi connectivity index (χ0n) is 13.2. The van der Waals surface area contributed by atoms with Crippen molar-refractivity contribution in [3.63, 3.8) is 0 Å². The second-order valence-corrected chi connectivity index (χ2v) is 6.59. The number of rotatable bonds is 5. The summed E-state index contributed by atoms with van der Waals surface area (Å²) in [5.41, 5.74) is 7.94. The first-order chi connectivity index (χ1) is 9.56. The van der Waals surface area contributed by atoms with Gasteiger partial charge in [-0.1, -0.05) is 44.7 Å². The van der Waals surface area contributed by atoms with Crippen LogP contribution in [0.2, 0.25) is 0 Å². The molecule has 20 heavy (non-hydrogen) atoms. The second-order valence-electron chi connectivity index (χ2n) is 6.59. The van der Waals surface area contributed by atoms with E-state index < -0.39 is 0 Å². The highest BCUT2D eigenvalue weighted by molar-refractivity contribution is 5.28.